The maximum Gasteiger partial charge on any atom is 0.343 e. The van der Waals surface area contributed by atoms with Gasteiger partial charge in [0.1, 0.15) is 28.9 Å². The molecule has 4 rings (SSSR count). The van der Waals surface area contributed by atoms with Gasteiger partial charge >= 0.3 is 5.97 Å². The minimum atomic E-state index is -0.530. The molecule has 0 fully saturated rings. The molecule has 8 nitrogen and oxygen atoms in total. The van der Waals surface area contributed by atoms with Gasteiger partial charge in [-0.1, -0.05) is 44.9 Å². The second-order valence-electron chi connectivity index (χ2n) is 9.36. The number of allylic oxidation sites excluding steroid dienone is 1. The van der Waals surface area contributed by atoms with Gasteiger partial charge in [-0.2, -0.15) is 5.26 Å². The lowest BCUT2D eigenvalue weighted by atomic mass is 9.83. The summed E-state index contributed by atoms with van der Waals surface area (Å²) in [6.07, 6.45) is 3.90. The Kier molecular flexibility index (Phi) is 9.53. The highest BCUT2D eigenvalue weighted by molar-refractivity contribution is 5.91. The first-order valence-electron chi connectivity index (χ1n) is 13.5. The normalized spacial score (nSPS) is 14.0. The van der Waals surface area contributed by atoms with Gasteiger partial charge in [-0.05, 0) is 54.8 Å². The number of carbonyl (C=O) groups excluding carboxylic acids is 1. The molecule has 2 N–H and O–H groups in total. The Morgan fingerprint density at radius 1 is 0.950 bits per heavy atom. The quantitative estimate of drug-likeness (QED) is 0.157. The van der Waals surface area contributed by atoms with Crippen molar-refractivity contribution in [3.63, 3.8) is 0 Å². The molecule has 0 amide bonds. The lowest BCUT2D eigenvalue weighted by Gasteiger charge is -2.27. The van der Waals surface area contributed by atoms with Gasteiger partial charge in [0, 0.05) is 11.6 Å². The third-order valence-corrected chi connectivity index (χ3v) is 6.51. The van der Waals surface area contributed by atoms with E-state index >= 15 is 0 Å². The molecule has 0 aliphatic carbocycles. The molecule has 8 heteroatoms. The van der Waals surface area contributed by atoms with Crippen LogP contribution in [0.2, 0.25) is 0 Å². The van der Waals surface area contributed by atoms with Crippen LogP contribution in [-0.4, -0.2) is 26.3 Å². The topological polar surface area (TPSA) is 113 Å². The Hall–Kier alpha value is -4.64. The number of fused-ring (bicyclic) bond motifs is 1. The molecule has 0 bridgehead atoms. The summed E-state index contributed by atoms with van der Waals surface area (Å²) < 4.78 is 28.6. The highest BCUT2D eigenvalue weighted by Crippen LogP contribution is 2.45. The van der Waals surface area contributed by atoms with Crippen LogP contribution < -0.4 is 29.4 Å². The van der Waals surface area contributed by atoms with Crippen molar-refractivity contribution in [3.8, 4) is 34.8 Å². The van der Waals surface area contributed by atoms with Crippen molar-refractivity contribution in [1.29, 1.82) is 5.26 Å². The fourth-order valence-electron chi connectivity index (χ4n) is 4.36. The van der Waals surface area contributed by atoms with E-state index in [9.17, 15) is 10.1 Å². The minimum Gasteiger partial charge on any atom is -0.494 e. The molecule has 1 atom stereocenters. The van der Waals surface area contributed by atoms with E-state index in [1.165, 1.54) is 0 Å². The summed E-state index contributed by atoms with van der Waals surface area (Å²) in [6.45, 7) is 5.35. The Morgan fingerprint density at radius 2 is 1.73 bits per heavy atom. The molecule has 0 aromatic heterocycles. The van der Waals surface area contributed by atoms with E-state index < -0.39 is 11.9 Å². The molecular weight excluding hydrogens is 508 g/mol. The molecule has 40 heavy (non-hydrogen) atoms. The number of nitrogens with two attached hydrogens (primary N) is 1. The highest BCUT2D eigenvalue weighted by Gasteiger charge is 2.32. The number of nitriles is 1. The van der Waals surface area contributed by atoms with E-state index in [-0.39, 0.29) is 17.2 Å². The zero-order chi connectivity index (χ0) is 28.5. The van der Waals surface area contributed by atoms with E-state index in [1.807, 2.05) is 18.2 Å². The molecular formula is C32H34N2O6. The molecule has 1 aliphatic heterocycles. The molecule has 3 aromatic carbocycles. The van der Waals surface area contributed by atoms with Gasteiger partial charge in [0.2, 0.25) is 5.88 Å². The first-order valence-corrected chi connectivity index (χ1v) is 13.5. The van der Waals surface area contributed by atoms with Crippen LogP contribution >= 0.6 is 0 Å². The van der Waals surface area contributed by atoms with Gasteiger partial charge in [0.05, 0.1) is 31.8 Å². The monoisotopic (exact) mass is 542 g/mol. The van der Waals surface area contributed by atoms with Crippen LogP contribution in [0.15, 0.2) is 72.1 Å². The second kappa shape index (κ2) is 13.4. The van der Waals surface area contributed by atoms with Gasteiger partial charge in [-0.15, -0.1) is 0 Å². The number of esters is 1. The SMILES string of the molecule is CCCCOc1cccc(C(=O)Oc2ccc3c(c2)OC(N)=C(C#N)C3c2ccc(OCCCC)c(OC)c2)c1. The van der Waals surface area contributed by atoms with Crippen LogP contribution in [0.3, 0.4) is 0 Å². The van der Waals surface area contributed by atoms with Crippen molar-refractivity contribution in [2.45, 2.75) is 45.4 Å². The maximum absolute atomic E-state index is 12.9. The largest absolute Gasteiger partial charge is 0.494 e. The van der Waals surface area contributed by atoms with Crippen LogP contribution in [0.5, 0.6) is 28.7 Å². The fraction of sp³-hybridized carbons (Fsp3) is 0.312. The number of carbonyl (C=O) groups is 1. The zero-order valence-corrected chi connectivity index (χ0v) is 23.1. The lowest BCUT2D eigenvalue weighted by molar-refractivity contribution is 0.0734. The molecule has 0 saturated carbocycles. The van der Waals surface area contributed by atoms with E-state index in [2.05, 4.69) is 19.9 Å². The molecule has 1 aliphatic rings. The van der Waals surface area contributed by atoms with Crippen molar-refractivity contribution in [2.24, 2.45) is 5.73 Å². The fourth-order valence-corrected chi connectivity index (χ4v) is 4.36. The van der Waals surface area contributed by atoms with Crippen LogP contribution in [0.1, 0.15) is 66.9 Å². The molecule has 0 radical (unpaired) electrons. The molecule has 0 spiro atoms. The molecule has 0 saturated heterocycles. The number of hydrogen-bond acceptors (Lipinski definition) is 8. The smallest absolute Gasteiger partial charge is 0.343 e. The van der Waals surface area contributed by atoms with E-state index in [1.54, 1.807) is 49.6 Å². The average Bonchev–Trinajstić information content (AvgIpc) is 2.97. The summed E-state index contributed by atoms with van der Waals surface area (Å²) in [5.41, 5.74) is 8.31. The van der Waals surface area contributed by atoms with Gasteiger partial charge < -0.3 is 29.4 Å². The Bertz CT molecular complexity index is 1430. The zero-order valence-electron chi connectivity index (χ0n) is 23.1. The van der Waals surface area contributed by atoms with Crippen molar-refractivity contribution in [3.05, 3.63) is 88.8 Å². The van der Waals surface area contributed by atoms with Gasteiger partial charge in [-0.25, -0.2) is 4.79 Å². The number of benzene rings is 3. The van der Waals surface area contributed by atoms with Crippen LogP contribution in [0, 0.1) is 11.3 Å². The summed E-state index contributed by atoms with van der Waals surface area (Å²) in [5.74, 6) is 1.43. The van der Waals surface area contributed by atoms with E-state index in [0.29, 0.717) is 47.3 Å². The summed E-state index contributed by atoms with van der Waals surface area (Å²) in [4.78, 5) is 12.9. The van der Waals surface area contributed by atoms with Crippen molar-refractivity contribution >= 4 is 5.97 Å². The van der Waals surface area contributed by atoms with Crippen molar-refractivity contribution < 1.29 is 28.5 Å². The van der Waals surface area contributed by atoms with Gasteiger partial charge in [0.25, 0.3) is 0 Å². The minimum absolute atomic E-state index is 0.0114. The maximum atomic E-state index is 12.9. The molecule has 3 aromatic rings. The Labute approximate surface area is 234 Å². The van der Waals surface area contributed by atoms with Gasteiger partial charge in [-0.3, -0.25) is 0 Å². The third-order valence-electron chi connectivity index (χ3n) is 6.51. The van der Waals surface area contributed by atoms with E-state index in [4.69, 9.17) is 29.4 Å². The summed E-state index contributed by atoms with van der Waals surface area (Å²) in [6, 6.07) is 19.7. The van der Waals surface area contributed by atoms with E-state index in [0.717, 1.165) is 31.2 Å². The Balaban J connectivity index is 1.59. The number of nitrogens with zero attached hydrogens (tertiary/aromatic N) is 1. The molecule has 1 unspecified atom stereocenters. The third kappa shape index (κ3) is 6.49. The first-order chi connectivity index (χ1) is 19.5. The number of methoxy groups -OCH3 is 1. The van der Waals surface area contributed by atoms with Crippen LogP contribution in [0.4, 0.5) is 0 Å². The molecule has 1 heterocycles. The summed E-state index contributed by atoms with van der Waals surface area (Å²) in [7, 11) is 1.58. The highest BCUT2D eigenvalue weighted by atomic mass is 16.5. The standard InChI is InChI=1S/C32H34N2O6/c1-4-6-15-37-23-10-8-9-22(17-23)32(35)39-24-12-13-25-28(19-24)40-31(34)26(20-33)30(25)21-11-14-27(29(18-21)36-3)38-16-7-5-2/h8-14,17-19,30H,4-7,15-16,34H2,1-3H3. The number of unbranched alkanes of at least 4 members (excludes halogenated alkanes) is 2. The number of rotatable bonds is 12. The average molecular weight is 543 g/mol. The number of hydrogen-bond donors (Lipinski definition) is 1. The van der Waals surface area contributed by atoms with Gasteiger partial charge in [0.15, 0.2) is 11.5 Å². The number of ether oxygens (including phenoxy) is 5. The molecule has 208 valence electrons. The first kappa shape index (κ1) is 28.4. The summed E-state index contributed by atoms with van der Waals surface area (Å²) >= 11 is 0. The lowest BCUT2D eigenvalue weighted by Crippen LogP contribution is -2.21. The second-order valence-corrected chi connectivity index (χ2v) is 9.36. The van der Waals surface area contributed by atoms with Crippen molar-refractivity contribution in [2.75, 3.05) is 20.3 Å². The van der Waals surface area contributed by atoms with Crippen LogP contribution in [-0.2, 0) is 0 Å². The summed E-state index contributed by atoms with van der Waals surface area (Å²) in [5, 5.41) is 9.93. The van der Waals surface area contributed by atoms with Crippen molar-refractivity contribution in [1.82, 2.24) is 0 Å². The van der Waals surface area contributed by atoms with Crippen LogP contribution in [0.25, 0.3) is 0 Å². The Morgan fingerprint density at radius 3 is 2.45 bits per heavy atom. The predicted octanol–water partition coefficient (Wildman–Crippen LogP) is 6.49. The predicted molar refractivity (Wildman–Crippen MR) is 151 cm³/mol.